The summed E-state index contributed by atoms with van der Waals surface area (Å²) < 4.78 is 0.851. The van der Waals surface area contributed by atoms with E-state index in [0.717, 1.165) is 9.86 Å². The fourth-order valence-corrected chi connectivity index (χ4v) is 4.39. The number of carbonyl (C=O) groups is 2. The first-order chi connectivity index (χ1) is 13.3. The molecule has 4 nitrogen and oxygen atoms in total. The average molecular weight is 454 g/mol. The van der Waals surface area contributed by atoms with Crippen LogP contribution in [0.3, 0.4) is 0 Å². The third-order valence-corrected chi connectivity index (χ3v) is 5.99. The molecule has 0 saturated heterocycles. The standard InChI is InChI=1S/C22H14BrClN2O2/c1-22(2)10-16-18-17(21(28)26(16)13-6-4-12(24)5-7-13)14-9-11(23)3-8-15(14)25-19(18)20(22)27/h3-10H,1-2H3. The molecule has 138 valence electrons. The van der Waals surface area contributed by atoms with Gasteiger partial charge in [-0.2, -0.15) is 0 Å². The molecule has 0 unspecified atom stereocenters. The highest BCUT2D eigenvalue weighted by atomic mass is 79.9. The van der Waals surface area contributed by atoms with E-state index >= 15 is 0 Å². The highest BCUT2D eigenvalue weighted by Gasteiger charge is 2.45. The number of hydrogen-bond donors (Lipinski definition) is 0. The number of halogens is 2. The summed E-state index contributed by atoms with van der Waals surface area (Å²) in [6.45, 7) is 3.70. The molecule has 2 aromatic carbocycles. The van der Waals surface area contributed by atoms with E-state index in [-0.39, 0.29) is 11.7 Å². The largest absolute Gasteiger partial charge is 0.291 e. The van der Waals surface area contributed by atoms with E-state index < -0.39 is 5.41 Å². The second kappa shape index (κ2) is 5.75. The zero-order chi connectivity index (χ0) is 19.8. The molecule has 0 N–H and O–H groups in total. The molecule has 1 aromatic heterocycles. The van der Waals surface area contributed by atoms with Crippen LogP contribution in [0.15, 0.2) is 53.0 Å². The third-order valence-electron chi connectivity index (χ3n) is 5.24. The molecule has 0 atom stereocenters. The highest BCUT2D eigenvalue weighted by molar-refractivity contribution is 9.10. The lowest BCUT2D eigenvalue weighted by atomic mass is 9.78. The van der Waals surface area contributed by atoms with Gasteiger partial charge in [0.05, 0.1) is 16.8 Å². The summed E-state index contributed by atoms with van der Waals surface area (Å²) in [7, 11) is 0. The maximum Gasteiger partial charge on any atom is 0.264 e. The van der Waals surface area contributed by atoms with Gasteiger partial charge in [0, 0.05) is 31.5 Å². The maximum atomic E-state index is 13.6. The molecule has 3 aromatic rings. The topological polar surface area (TPSA) is 50.3 Å². The number of ketones is 1. The average Bonchev–Trinajstić information content (AvgIpc) is 2.93. The Morgan fingerprint density at radius 2 is 1.75 bits per heavy atom. The molecule has 0 spiro atoms. The number of carbonyl (C=O) groups excluding carboxylic acids is 2. The third kappa shape index (κ3) is 2.33. The Labute approximate surface area is 174 Å². The van der Waals surface area contributed by atoms with Gasteiger partial charge >= 0.3 is 0 Å². The summed E-state index contributed by atoms with van der Waals surface area (Å²) >= 11 is 9.51. The molecule has 1 aliphatic heterocycles. The van der Waals surface area contributed by atoms with Crippen LogP contribution in [0.4, 0.5) is 5.69 Å². The molecule has 0 bridgehead atoms. The monoisotopic (exact) mass is 452 g/mol. The van der Waals surface area contributed by atoms with E-state index in [0.29, 0.717) is 38.7 Å². The first-order valence-corrected chi connectivity index (χ1v) is 9.96. The predicted octanol–water partition coefficient (Wildman–Crippen LogP) is 5.87. The summed E-state index contributed by atoms with van der Waals surface area (Å²) in [6, 6.07) is 12.7. The van der Waals surface area contributed by atoms with Crippen LogP contribution in [-0.2, 0) is 0 Å². The molecule has 1 aliphatic carbocycles. The molecular weight excluding hydrogens is 440 g/mol. The first kappa shape index (κ1) is 17.6. The smallest absolute Gasteiger partial charge is 0.264 e. The number of pyridine rings is 1. The molecule has 0 saturated carbocycles. The van der Waals surface area contributed by atoms with Crippen molar-refractivity contribution >= 4 is 61.5 Å². The minimum atomic E-state index is -0.759. The summed E-state index contributed by atoms with van der Waals surface area (Å²) in [5, 5.41) is 1.32. The molecule has 0 radical (unpaired) electrons. The predicted molar refractivity (Wildman–Crippen MR) is 114 cm³/mol. The number of aromatic nitrogens is 1. The number of nitrogens with zero attached hydrogens (tertiary/aromatic N) is 2. The van der Waals surface area contributed by atoms with E-state index in [1.807, 2.05) is 50.3 Å². The normalized spacial score (nSPS) is 17.1. The van der Waals surface area contributed by atoms with E-state index in [4.69, 9.17) is 11.6 Å². The first-order valence-electron chi connectivity index (χ1n) is 8.79. The van der Waals surface area contributed by atoms with Gasteiger partial charge in [-0.15, -0.1) is 0 Å². The van der Waals surface area contributed by atoms with Crippen molar-refractivity contribution in [3.8, 4) is 0 Å². The summed E-state index contributed by atoms with van der Waals surface area (Å²) in [6.07, 6.45) is 1.87. The minimum absolute atomic E-state index is 0.0805. The van der Waals surface area contributed by atoms with Gasteiger partial charge < -0.3 is 0 Å². The number of fused-ring (bicyclic) bond motifs is 2. The van der Waals surface area contributed by atoms with Crippen molar-refractivity contribution < 1.29 is 9.59 Å². The van der Waals surface area contributed by atoms with Crippen molar-refractivity contribution in [2.24, 2.45) is 5.41 Å². The van der Waals surface area contributed by atoms with Crippen LogP contribution < -0.4 is 4.90 Å². The Hall–Kier alpha value is -2.50. The fourth-order valence-electron chi connectivity index (χ4n) is 3.90. The molecule has 2 aliphatic rings. The van der Waals surface area contributed by atoms with Crippen LogP contribution in [-0.4, -0.2) is 16.7 Å². The lowest BCUT2D eigenvalue weighted by Gasteiger charge is -2.28. The van der Waals surface area contributed by atoms with Crippen LogP contribution in [0.1, 0.15) is 40.3 Å². The van der Waals surface area contributed by atoms with Gasteiger partial charge in [0.1, 0.15) is 5.69 Å². The van der Waals surface area contributed by atoms with Crippen LogP contribution in [0.5, 0.6) is 0 Å². The van der Waals surface area contributed by atoms with Gasteiger partial charge in [0.25, 0.3) is 5.91 Å². The number of amides is 1. The maximum absolute atomic E-state index is 13.6. The second-order valence-electron chi connectivity index (χ2n) is 7.57. The number of hydrogen-bond acceptors (Lipinski definition) is 3. The summed E-state index contributed by atoms with van der Waals surface area (Å²) in [5.41, 5.74) is 2.78. The number of anilines is 1. The lowest BCUT2D eigenvalue weighted by molar-refractivity contribution is 0.0877. The zero-order valence-electron chi connectivity index (χ0n) is 15.1. The van der Waals surface area contributed by atoms with Crippen molar-refractivity contribution in [1.82, 2.24) is 4.98 Å². The van der Waals surface area contributed by atoms with Crippen molar-refractivity contribution in [3.63, 3.8) is 0 Å². The highest BCUT2D eigenvalue weighted by Crippen LogP contribution is 2.47. The Balaban J connectivity index is 1.88. The number of allylic oxidation sites excluding steroid dienone is 1. The van der Waals surface area contributed by atoms with Crippen LogP contribution in [0, 0.1) is 5.41 Å². The van der Waals surface area contributed by atoms with Crippen LogP contribution in [0.2, 0.25) is 5.02 Å². The quantitative estimate of drug-likeness (QED) is 0.463. The summed E-state index contributed by atoms with van der Waals surface area (Å²) in [5.74, 6) is -0.246. The summed E-state index contributed by atoms with van der Waals surface area (Å²) in [4.78, 5) is 33.0. The van der Waals surface area contributed by atoms with Crippen LogP contribution >= 0.6 is 27.5 Å². The van der Waals surface area contributed by atoms with Gasteiger partial charge in [0.2, 0.25) is 0 Å². The van der Waals surface area contributed by atoms with E-state index in [1.165, 1.54) is 0 Å². The fraction of sp³-hybridized carbons (Fsp3) is 0.136. The molecule has 1 amide bonds. The minimum Gasteiger partial charge on any atom is -0.291 e. The Bertz CT molecular complexity index is 1250. The van der Waals surface area contributed by atoms with Gasteiger partial charge in [0.15, 0.2) is 5.78 Å². The van der Waals surface area contributed by atoms with Gasteiger partial charge in [-0.3, -0.25) is 14.5 Å². The van der Waals surface area contributed by atoms with Crippen molar-refractivity contribution in [1.29, 1.82) is 0 Å². The molecule has 6 heteroatoms. The van der Waals surface area contributed by atoms with Gasteiger partial charge in [-0.05, 0) is 62.4 Å². The van der Waals surface area contributed by atoms with Crippen LogP contribution in [0.25, 0.3) is 16.6 Å². The van der Waals surface area contributed by atoms with Crippen molar-refractivity contribution in [2.45, 2.75) is 13.8 Å². The second-order valence-corrected chi connectivity index (χ2v) is 8.92. The zero-order valence-corrected chi connectivity index (χ0v) is 17.4. The molecular formula is C22H14BrClN2O2. The van der Waals surface area contributed by atoms with E-state index in [2.05, 4.69) is 20.9 Å². The number of benzene rings is 2. The number of Topliss-reactive ketones (excluding diaryl/α,β-unsaturated/α-hetero) is 1. The van der Waals surface area contributed by atoms with Gasteiger partial charge in [-0.1, -0.05) is 27.5 Å². The van der Waals surface area contributed by atoms with E-state index in [1.54, 1.807) is 17.0 Å². The van der Waals surface area contributed by atoms with Crippen molar-refractivity contribution in [2.75, 3.05) is 4.90 Å². The Morgan fingerprint density at radius 3 is 2.46 bits per heavy atom. The molecule has 28 heavy (non-hydrogen) atoms. The SMILES string of the molecule is CC1(C)C=C2c3c(nc4ccc(Br)cc4c3C(=O)N2c2ccc(Cl)cc2)C1=O. The lowest BCUT2D eigenvalue weighted by Crippen LogP contribution is -2.30. The van der Waals surface area contributed by atoms with E-state index in [9.17, 15) is 9.59 Å². The van der Waals surface area contributed by atoms with Crippen molar-refractivity contribution in [3.05, 3.63) is 74.9 Å². The molecule has 0 fully saturated rings. The molecule has 5 rings (SSSR count). The van der Waals surface area contributed by atoms with Gasteiger partial charge in [-0.25, -0.2) is 4.98 Å². The number of rotatable bonds is 1. The molecule has 2 heterocycles. The Morgan fingerprint density at radius 1 is 1.04 bits per heavy atom. The Kier molecular flexibility index (Phi) is 3.61.